The number of carbonyl (C=O) groups excluding carboxylic acids is 2. The smallest absolute Gasteiger partial charge is 0.256 e. The molecular weight excluding hydrogens is 356 g/mol. The first-order valence-electron chi connectivity index (χ1n) is 9.53. The third-order valence-electron chi connectivity index (χ3n) is 5.95. The Balaban J connectivity index is 1.61. The highest BCUT2D eigenvalue weighted by atomic mass is 16.2. The predicted molar refractivity (Wildman–Crippen MR) is 104 cm³/mol. The number of nitrogens with zero attached hydrogens (tertiary/aromatic N) is 6. The van der Waals surface area contributed by atoms with Gasteiger partial charge < -0.3 is 14.7 Å². The van der Waals surface area contributed by atoms with E-state index in [2.05, 4.69) is 15.1 Å². The number of hydrogen-bond acceptors (Lipinski definition) is 5. The topological polar surface area (TPSA) is 74.6 Å². The van der Waals surface area contributed by atoms with Crippen LogP contribution in [0.3, 0.4) is 0 Å². The van der Waals surface area contributed by atoms with E-state index in [1.807, 2.05) is 48.2 Å². The molecule has 0 saturated carbocycles. The van der Waals surface area contributed by atoms with Crippen molar-refractivity contribution in [2.75, 3.05) is 46.8 Å². The number of likely N-dealkylation sites (tertiary alicyclic amines) is 2. The average Bonchev–Trinajstić information content (AvgIpc) is 3.34. The van der Waals surface area contributed by atoms with Crippen LogP contribution in [0.5, 0.6) is 0 Å². The highest BCUT2D eigenvalue weighted by Gasteiger charge is 2.54. The Morgan fingerprint density at radius 3 is 2.43 bits per heavy atom. The van der Waals surface area contributed by atoms with E-state index in [4.69, 9.17) is 0 Å². The summed E-state index contributed by atoms with van der Waals surface area (Å²) < 4.78 is 1.76. The summed E-state index contributed by atoms with van der Waals surface area (Å²) in [6.45, 7) is 5.26. The van der Waals surface area contributed by atoms with Crippen molar-refractivity contribution in [3.63, 3.8) is 0 Å². The van der Waals surface area contributed by atoms with Crippen molar-refractivity contribution in [3.05, 3.63) is 42.5 Å². The maximum atomic E-state index is 13.4. The maximum absolute atomic E-state index is 13.4. The van der Waals surface area contributed by atoms with Gasteiger partial charge in [0.2, 0.25) is 5.91 Å². The molecular formula is C20H26N6O2. The van der Waals surface area contributed by atoms with Gasteiger partial charge >= 0.3 is 0 Å². The lowest BCUT2D eigenvalue weighted by Crippen LogP contribution is -2.43. The number of aromatic nitrogens is 3. The van der Waals surface area contributed by atoms with Crippen molar-refractivity contribution in [1.29, 1.82) is 0 Å². The van der Waals surface area contributed by atoms with Crippen molar-refractivity contribution in [1.82, 2.24) is 29.5 Å². The lowest BCUT2D eigenvalue weighted by Gasteiger charge is -2.32. The zero-order valence-corrected chi connectivity index (χ0v) is 16.6. The van der Waals surface area contributed by atoms with E-state index in [9.17, 15) is 9.59 Å². The molecule has 2 aliphatic heterocycles. The number of para-hydroxylation sites is 1. The van der Waals surface area contributed by atoms with Crippen LogP contribution in [-0.4, -0.2) is 88.1 Å². The summed E-state index contributed by atoms with van der Waals surface area (Å²) in [6.07, 6.45) is 3.20. The van der Waals surface area contributed by atoms with Crippen molar-refractivity contribution >= 4 is 11.8 Å². The zero-order valence-electron chi connectivity index (χ0n) is 16.6. The average molecular weight is 382 g/mol. The number of amides is 2. The zero-order chi connectivity index (χ0) is 19.9. The predicted octanol–water partition coefficient (Wildman–Crippen LogP) is 0.749. The second-order valence-corrected chi connectivity index (χ2v) is 8.27. The molecule has 0 N–H and O–H groups in total. The summed E-state index contributed by atoms with van der Waals surface area (Å²) >= 11 is 0. The molecule has 8 heteroatoms. The fraction of sp³-hybridized carbons (Fsp3) is 0.500. The van der Waals surface area contributed by atoms with Crippen molar-refractivity contribution < 1.29 is 9.59 Å². The Morgan fingerprint density at radius 2 is 1.75 bits per heavy atom. The molecule has 2 amide bonds. The Bertz CT molecular complexity index is 881. The Hall–Kier alpha value is -2.74. The van der Waals surface area contributed by atoms with E-state index in [0.29, 0.717) is 31.1 Å². The fourth-order valence-electron chi connectivity index (χ4n) is 4.80. The van der Waals surface area contributed by atoms with Gasteiger partial charge in [0, 0.05) is 51.0 Å². The van der Waals surface area contributed by atoms with Gasteiger partial charge in [0.1, 0.15) is 12.7 Å². The molecule has 0 radical (unpaired) electrons. The molecule has 1 aromatic heterocycles. The molecule has 4 rings (SSSR count). The molecule has 0 unspecified atom stereocenters. The van der Waals surface area contributed by atoms with Crippen LogP contribution in [0.4, 0.5) is 0 Å². The van der Waals surface area contributed by atoms with Crippen LogP contribution < -0.4 is 0 Å². The summed E-state index contributed by atoms with van der Waals surface area (Å²) in [5.74, 6) is 0.430. The summed E-state index contributed by atoms with van der Waals surface area (Å²) in [6, 6.07) is 7.54. The number of rotatable bonds is 4. The van der Waals surface area contributed by atoms with Crippen molar-refractivity contribution in [2.24, 2.45) is 11.3 Å². The minimum absolute atomic E-state index is 0.0196. The summed E-state index contributed by atoms with van der Waals surface area (Å²) in [5.41, 5.74) is 1.35. The fourth-order valence-corrected chi connectivity index (χ4v) is 4.80. The molecule has 0 aliphatic carbocycles. The van der Waals surface area contributed by atoms with Crippen molar-refractivity contribution in [3.8, 4) is 5.69 Å². The normalized spacial score (nSPS) is 24.1. The summed E-state index contributed by atoms with van der Waals surface area (Å²) in [5, 5.41) is 7.71. The first kappa shape index (κ1) is 18.6. The van der Waals surface area contributed by atoms with Crippen LogP contribution in [-0.2, 0) is 4.79 Å². The molecule has 2 aliphatic rings. The molecule has 148 valence electrons. The number of benzene rings is 1. The van der Waals surface area contributed by atoms with Crippen LogP contribution in [0.2, 0.25) is 0 Å². The van der Waals surface area contributed by atoms with E-state index in [0.717, 1.165) is 18.8 Å². The molecule has 2 aromatic rings. The van der Waals surface area contributed by atoms with E-state index in [-0.39, 0.29) is 17.2 Å². The number of carbonyl (C=O) groups is 2. The van der Waals surface area contributed by atoms with Crippen LogP contribution in [0.1, 0.15) is 17.3 Å². The summed E-state index contributed by atoms with van der Waals surface area (Å²) in [4.78, 5) is 31.4. The largest absolute Gasteiger partial charge is 0.342 e. The van der Waals surface area contributed by atoms with Gasteiger partial charge in [-0.3, -0.25) is 14.2 Å². The van der Waals surface area contributed by atoms with Gasteiger partial charge in [0.15, 0.2) is 0 Å². The van der Waals surface area contributed by atoms with Gasteiger partial charge in [-0.2, -0.15) is 0 Å². The first-order chi connectivity index (χ1) is 13.4. The monoisotopic (exact) mass is 382 g/mol. The molecule has 0 bridgehead atoms. The maximum Gasteiger partial charge on any atom is 0.256 e. The highest BCUT2D eigenvalue weighted by molar-refractivity contribution is 5.98. The lowest BCUT2D eigenvalue weighted by molar-refractivity contribution is -0.128. The number of fused-ring (bicyclic) bond motifs is 1. The van der Waals surface area contributed by atoms with Crippen LogP contribution in [0, 0.1) is 11.3 Å². The molecule has 2 fully saturated rings. The van der Waals surface area contributed by atoms with E-state index < -0.39 is 0 Å². The van der Waals surface area contributed by atoms with Crippen molar-refractivity contribution in [2.45, 2.75) is 6.92 Å². The van der Waals surface area contributed by atoms with Gasteiger partial charge in [0.05, 0.1) is 11.3 Å². The first-order valence-corrected chi connectivity index (χ1v) is 9.53. The van der Waals surface area contributed by atoms with Gasteiger partial charge in [-0.25, -0.2) is 0 Å². The second kappa shape index (κ2) is 7.01. The second-order valence-electron chi connectivity index (χ2n) is 8.27. The molecule has 2 atom stereocenters. The standard InChI is InChI=1S/C20H26N6O2/c1-15(27)24-8-16-9-25(12-20(16,11-24)10-23(2)3)19(28)17-6-4-5-7-18(17)26-13-21-22-14-26/h4-7,13-14,16H,8-12H2,1-3H3/t16-,20+/m1/s1. The van der Waals surface area contributed by atoms with Gasteiger partial charge in [0.25, 0.3) is 5.91 Å². The Labute approximate surface area is 164 Å². The lowest BCUT2D eigenvalue weighted by atomic mass is 9.80. The molecule has 1 aromatic carbocycles. The summed E-state index contributed by atoms with van der Waals surface area (Å²) in [7, 11) is 4.10. The third-order valence-corrected chi connectivity index (χ3v) is 5.95. The van der Waals surface area contributed by atoms with Crippen LogP contribution >= 0.6 is 0 Å². The van der Waals surface area contributed by atoms with E-state index >= 15 is 0 Å². The SMILES string of the molecule is CC(=O)N1C[C@@H]2CN(C(=O)c3ccccc3-n3cnnc3)C[C@]2(CN(C)C)C1. The highest BCUT2D eigenvalue weighted by Crippen LogP contribution is 2.43. The van der Waals surface area contributed by atoms with Gasteiger partial charge in [-0.15, -0.1) is 10.2 Å². The third kappa shape index (κ3) is 3.17. The molecule has 2 saturated heterocycles. The van der Waals surface area contributed by atoms with E-state index in [1.165, 1.54) is 0 Å². The Morgan fingerprint density at radius 1 is 1.11 bits per heavy atom. The minimum Gasteiger partial charge on any atom is -0.342 e. The van der Waals surface area contributed by atoms with Crippen LogP contribution in [0.15, 0.2) is 36.9 Å². The Kier molecular flexibility index (Phi) is 4.66. The van der Waals surface area contributed by atoms with Gasteiger partial charge in [-0.1, -0.05) is 12.1 Å². The quantitative estimate of drug-likeness (QED) is 0.780. The van der Waals surface area contributed by atoms with Gasteiger partial charge in [-0.05, 0) is 26.2 Å². The molecule has 0 spiro atoms. The minimum atomic E-state index is -0.0731. The molecule has 3 heterocycles. The van der Waals surface area contributed by atoms with Crippen LogP contribution in [0.25, 0.3) is 5.69 Å². The molecule has 28 heavy (non-hydrogen) atoms. The van der Waals surface area contributed by atoms with E-state index in [1.54, 1.807) is 24.1 Å². The molecule has 8 nitrogen and oxygen atoms in total. The number of hydrogen-bond donors (Lipinski definition) is 0.